The first-order chi connectivity index (χ1) is 29.2. The van der Waals surface area contributed by atoms with Crippen LogP contribution in [0.15, 0.2) is 223 Å². The number of rotatable bonds is 5. The summed E-state index contributed by atoms with van der Waals surface area (Å²) >= 11 is 0. The highest BCUT2D eigenvalue weighted by molar-refractivity contribution is 6.23. The van der Waals surface area contributed by atoms with Gasteiger partial charge in [0.25, 0.3) is 0 Å². The van der Waals surface area contributed by atoms with Crippen LogP contribution in [0.2, 0.25) is 0 Å². The Bertz CT molecular complexity index is 3580. The Morgan fingerprint density at radius 1 is 0.237 bits per heavy atom. The fourth-order valence-electron chi connectivity index (χ4n) is 9.43. The van der Waals surface area contributed by atoms with E-state index in [1.807, 2.05) is 0 Å². The number of hydrogen-bond donors (Lipinski definition) is 0. The topological polar surface area (TPSA) is 13.1 Å². The van der Waals surface area contributed by atoms with Gasteiger partial charge in [0.05, 0.1) is 0 Å². The molecule has 11 aromatic carbocycles. The summed E-state index contributed by atoms with van der Waals surface area (Å²) in [6, 6.07) is 79.6. The van der Waals surface area contributed by atoms with Gasteiger partial charge in [-0.3, -0.25) is 0 Å². The molecule has 0 amide bonds. The van der Waals surface area contributed by atoms with Crippen molar-refractivity contribution in [2.45, 2.75) is 0 Å². The van der Waals surface area contributed by atoms with Crippen molar-refractivity contribution in [2.75, 3.05) is 0 Å². The molecule has 1 heterocycles. The van der Waals surface area contributed by atoms with Crippen molar-refractivity contribution in [1.29, 1.82) is 0 Å². The molecular formula is C58H36O. The summed E-state index contributed by atoms with van der Waals surface area (Å²) < 4.78 is 6.72. The zero-order valence-electron chi connectivity index (χ0n) is 32.2. The van der Waals surface area contributed by atoms with Crippen LogP contribution >= 0.6 is 0 Å². The normalized spacial score (nSPS) is 11.7. The van der Waals surface area contributed by atoms with Crippen LogP contribution in [0.3, 0.4) is 0 Å². The third-order valence-corrected chi connectivity index (χ3v) is 12.2. The average Bonchev–Trinajstić information content (AvgIpc) is 3.69. The summed E-state index contributed by atoms with van der Waals surface area (Å²) in [5, 5.41) is 12.3. The lowest BCUT2D eigenvalue weighted by molar-refractivity contribution is 0.670. The van der Waals surface area contributed by atoms with Crippen LogP contribution in [0.1, 0.15) is 0 Å². The Labute approximate surface area is 342 Å². The largest absolute Gasteiger partial charge is 0.455 e. The van der Waals surface area contributed by atoms with Gasteiger partial charge < -0.3 is 4.42 Å². The summed E-state index contributed by atoms with van der Waals surface area (Å²) in [5.74, 6) is 0. The summed E-state index contributed by atoms with van der Waals surface area (Å²) in [6.07, 6.45) is 0. The fourth-order valence-corrected chi connectivity index (χ4v) is 9.43. The van der Waals surface area contributed by atoms with Gasteiger partial charge in [-0.25, -0.2) is 0 Å². The molecule has 0 saturated carbocycles. The maximum absolute atomic E-state index is 6.72. The predicted molar refractivity (Wildman–Crippen MR) is 251 cm³/mol. The Balaban J connectivity index is 1.09. The van der Waals surface area contributed by atoms with Crippen molar-refractivity contribution in [3.8, 4) is 55.6 Å². The number of para-hydroxylation sites is 1. The Morgan fingerprint density at radius 2 is 0.712 bits per heavy atom. The number of benzene rings is 11. The second-order valence-corrected chi connectivity index (χ2v) is 15.6. The predicted octanol–water partition coefficient (Wildman–Crippen LogP) is 16.5. The standard InChI is InChI=1S/C58H36O/c1-4-13-37(14-5-1)48-21-12-22-52-49-30-26-44(36-55(49)59-58(48)52)43-28-32-51-54(35-43)57(40-18-8-3-9-19-40)53-34-42(27-31-50(53)56(51)39-16-6-2-7-17-39)41-25-29-47-45(33-41)24-23-38-15-10-11-20-46(38)47/h1-36H. The zero-order valence-corrected chi connectivity index (χ0v) is 32.2. The van der Waals surface area contributed by atoms with E-state index in [2.05, 4.69) is 218 Å². The molecular weight excluding hydrogens is 713 g/mol. The highest BCUT2D eigenvalue weighted by Gasteiger charge is 2.20. The van der Waals surface area contributed by atoms with Gasteiger partial charge in [-0.15, -0.1) is 0 Å². The third kappa shape index (κ3) is 5.47. The monoisotopic (exact) mass is 748 g/mol. The zero-order chi connectivity index (χ0) is 38.9. The van der Waals surface area contributed by atoms with Crippen molar-refractivity contribution in [3.63, 3.8) is 0 Å². The van der Waals surface area contributed by atoms with E-state index in [9.17, 15) is 0 Å². The molecule has 1 heteroatoms. The van der Waals surface area contributed by atoms with Gasteiger partial charge in [-0.05, 0) is 123 Å². The molecule has 274 valence electrons. The molecule has 0 aliphatic rings. The fraction of sp³-hybridized carbons (Fsp3) is 0. The van der Waals surface area contributed by atoms with Crippen LogP contribution in [0, 0.1) is 0 Å². The molecule has 0 bridgehead atoms. The van der Waals surface area contributed by atoms with E-state index < -0.39 is 0 Å². The molecule has 1 nitrogen and oxygen atoms in total. The van der Waals surface area contributed by atoms with Crippen LogP contribution in [0.25, 0.3) is 121 Å². The minimum atomic E-state index is 0.890. The highest BCUT2D eigenvalue weighted by Crippen LogP contribution is 2.47. The minimum Gasteiger partial charge on any atom is -0.455 e. The van der Waals surface area contributed by atoms with E-state index in [-0.39, 0.29) is 0 Å². The second kappa shape index (κ2) is 13.4. The van der Waals surface area contributed by atoms with Crippen LogP contribution < -0.4 is 0 Å². The molecule has 0 spiro atoms. The third-order valence-electron chi connectivity index (χ3n) is 12.2. The number of fused-ring (bicyclic) bond motifs is 8. The van der Waals surface area contributed by atoms with Crippen molar-refractivity contribution in [3.05, 3.63) is 218 Å². The smallest absolute Gasteiger partial charge is 0.143 e. The van der Waals surface area contributed by atoms with Crippen LogP contribution in [0.5, 0.6) is 0 Å². The summed E-state index contributed by atoms with van der Waals surface area (Å²) in [5.41, 5.74) is 13.6. The van der Waals surface area contributed by atoms with E-state index in [1.54, 1.807) is 0 Å². The maximum Gasteiger partial charge on any atom is 0.143 e. The Kier molecular flexibility index (Phi) is 7.61. The lowest BCUT2D eigenvalue weighted by Gasteiger charge is -2.20. The van der Waals surface area contributed by atoms with Crippen molar-refractivity contribution >= 4 is 65.0 Å². The van der Waals surface area contributed by atoms with Gasteiger partial charge in [0, 0.05) is 16.3 Å². The number of hydrogen-bond acceptors (Lipinski definition) is 1. The first-order valence-corrected chi connectivity index (χ1v) is 20.3. The Hall–Kier alpha value is -7.74. The van der Waals surface area contributed by atoms with E-state index in [0.717, 1.165) is 44.2 Å². The van der Waals surface area contributed by atoms with Crippen LogP contribution in [-0.2, 0) is 0 Å². The van der Waals surface area contributed by atoms with Gasteiger partial charge in [0.2, 0.25) is 0 Å². The lowest BCUT2D eigenvalue weighted by Crippen LogP contribution is -1.92. The summed E-state index contributed by atoms with van der Waals surface area (Å²) in [4.78, 5) is 0. The molecule has 59 heavy (non-hydrogen) atoms. The van der Waals surface area contributed by atoms with Crippen LogP contribution in [-0.4, -0.2) is 0 Å². The van der Waals surface area contributed by atoms with E-state index in [0.29, 0.717) is 0 Å². The molecule has 0 aliphatic carbocycles. The van der Waals surface area contributed by atoms with Gasteiger partial charge in [-0.1, -0.05) is 188 Å². The van der Waals surface area contributed by atoms with Crippen molar-refractivity contribution in [2.24, 2.45) is 0 Å². The van der Waals surface area contributed by atoms with Crippen molar-refractivity contribution < 1.29 is 4.42 Å². The first kappa shape index (κ1) is 33.4. The van der Waals surface area contributed by atoms with E-state index in [4.69, 9.17) is 4.42 Å². The molecule has 12 aromatic rings. The lowest BCUT2D eigenvalue weighted by atomic mass is 9.83. The molecule has 1 aromatic heterocycles. The van der Waals surface area contributed by atoms with Gasteiger partial charge >= 0.3 is 0 Å². The maximum atomic E-state index is 6.72. The summed E-state index contributed by atoms with van der Waals surface area (Å²) in [7, 11) is 0. The molecule has 0 atom stereocenters. The molecule has 0 N–H and O–H groups in total. The van der Waals surface area contributed by atoms with Gasteiger partial charge in [0.1, 0.15) is 11.2 Å². The molecule has 0 aliphatic heterocycles. The van der Waals surface area contributed by atoms with Gasteiger partial charge in [-0.2, -0.15) is 0 Å². The number of furan rings is 1. The second-order valence-electron chi connectivity index (χ2n) is 15.6. The average molecular weight is 749 g/mol. The Morgan fingerprint density at radius 3 is 1.37 bits per heavy atom. The molecule has 12 rings (SSSR count). The minimum absolute atomic E-state index is 0.890. The quantitative estimate of drug-likeness (QED) is 0.126. The summed E-state index contributed by atoms with van der Waals surface area (Å²) in [6.45, 7) is 0. The van der Waals surface area contributed by atoms with Gasteiger partial charge in [0.15, 0.2) is 0 Å². The van der Waals surface area contributed by atoms with E-state index >= 15 is 0 Å². The SMILES string of the molecule is c1ccc(-c2c3ccc(-c4ccc5c(ccc6ccccc65)c4)cc3c(-c3ccccc3)c3cc(-c4ccc5c(c4)oc4c(-c6ccccc6)cccc45)ccc23)cc1. The molecule has 0 radical (unpaired) electrons. The van der Waals surface area contributed by atoms with E-state index in [1.165, 1.54) is 76.5 Å². The molecule has 0 fully saturated rings. The first-order valence-electron chi connectivity index (χ1n) is 20.3. The van der Waals surface area contributed by atoms with Crippen LogP contribution in [0.4, 0.5) is 0 Å². The molecule has 0 saturated heterocycles. The highest BCUT2D eigenvalue weighted by atomic mass is 16.3. The van der Waals surface area contributed by atoms with Crippen molar-refractivity contribution in [1.82, 2.24) is 0 Å². The molecule has 0 unspecified atom stereocenters.